The summed E-state index contributed by atoms with van der Waals surface area (Å²) >= 11 is 2.58. The fraction of sp³-hybridized carbons (Fsp3) is 0.100. The predicted molar refractivity (Wildman–Crippen MR) is 104 cm³/mol. The molecule has 2 heterocycles. The lowest BCUT2D eigenvalue weighted by molar-refractivity contribution is -0.137. The molecule has 4 rings (SSSR count). The molecular weight excluding hydrogens is 407 g/mol. The van der Waals surface area contributed by atoms with Crippen LogP contribution in [0, 0.1) is 0 Å². The van der Waals surface area contributed by atoms with Crippen molar-refractivity contribution in [3.05, 3.63) is 75.6 Å². The molecule has 2 aromatic heterocycles. The molecule has 0 atom stereocenters. The van der Waals surface area contributed by atoms with Crippen LogP contribution in [0.1, 0.15) is 25.7 Å². The van der Waals surface area contributed by atoms with Gasteiger partial charge in [-0.25, -0.2) is 9.78 Å². The van der Waals surface area contributed by atoms with Crippen LogP contribution in [0.15, 0.2) is 54.7 Å². The van der Waals surface area contributed by atoms with Crippen LogP contribution in [0.5, 0.6) is 0 Å². The van der Waals surface area contributed by atoms with Crippen molar-refractivity contribution in [2.75, 3.05) is 0 Å². The minimum atomic E-state index is -4.37. The molecule has 0 aliphatic heterocycles. The van der Waals surface area contributed by atoms with Gasteiger partial charge in [0.25, 0.3) is 0 Å². The third-order valence-corrected chi connectivity index (χ3v) is 6.38. The summed E-state index contributed by atoms with van der Waals surface area (Å²) < 4.78 is 39.7. The summed E-state index contributed by atoms with van der Waals surface area (Å²) in [5.74, 6) is -1.02. The van der Waals surface area contributed by atoms with E-state index in [1.165, 1.54) is 29.7 Å². The van der Waals surface area contributed by atoms with Gasteiger partial charge >= 0.3 is 12.1 Å². The Labute approximate surface area is 165 Å². The molecular formula is C20H12F3NO2S2. The van der Waals surface area contributed by atoms with Gasteiger partial charge in [0, 0.05) is 21.6 Å². The summed E-state index contributed by atoms with van der Waals surface area (Å²) in [5, 5.41) is 10.7. The van der Waals surface area contributed by atoms with E-state index in [0.717, 1.165) is 37.9 Å². The molecule has 28 heavy (non-hydrogen) atoms. The van der Waals surface area contributed by atoms with Crippen LogP contribution in [0.3, 0.4) is 0 Å². The highest BCUT2D eigenvalue weighted by Crippen LogP contribution is 2.38. The Morgan fingerprint density at radius 2 is 1.86 bits per heavy atom. The molecule has 2 aromatic carbocycles. The Morgan fingerprint density at radius 1 is 1.07 bits per heavy atom. The van der Waals surface area contributed by atoms with Crippen LogP contribution in [0.2, 0.25) is 0 Å². The highest BCUT2D eigenvalue weighted by Gasteiger charge is 2.30. The SMILES string of the molecule is O=C(O)c1cnc(-c2cccc3cc(Cc4cccc(C(F)(F)F)c4)sc23)s1. The van der Waals surface area contributed by atoms with Crippen molar-refractivity contribution in [3.63, 3.8) is 0 Å². The molecule has 0 aliphatic rings. The third kappa shape index (κ3) is 3.65. The first-order chi connectivity index (χ1) is 13.3. The number of carboxylic acid groups (broad SMARTS) is 1. The molecule has 0 saturated heterocycles. The van der Waals surface area contributed by atoms with E-state index in [4.69, 9.17) is 5.11 Å². The topological polar surface area (TPSA) is 50.2 Å². The Balaban J connectivity index is 1.70. The van der Waals surface area contributed by atoms with E-state index in [2.05, 4.69) is 4.98 Å². The van der Waals surface area contributed by atoms with Gasteiger partial charge in [-0.15, -0.1) is 22.7 Å². The first kappa shape index (κ1) is 18.6. The molecule has 0 spiro atoms. The molecule has 0 bridgehead atoms. The molecule has 3 nitrogen and oxygen atoms in total. The number of halogens is 3. The predicted octanol–water partition coefficient (Wildman–Crippen LogP) is 6.33. The van der Waals surface area contributed by atoms with E-state index < -0.39 is 17.7 Å². The summed E-state index contributed by atoms with van der Waals surface area (Å²) in [6, 6.07) is 12.9. The number of carbonyl (C=O) groups is 1. The fourth-order valence-corrected chi connectivity index (χ4v) is 4.99. The van der Waals surface area contributed by atoms with Crippen molar-refractivity contribution >= 4 is 38.7 Å². The average molecular weight is 419 g/mol. The van der Waals surface area contributed by atoms with E-state index in [0.29, 0.717) is 17.0 Å². The van der Waals surface area contributed by atoms with Gasteiger partial charge < -0.3 is 5.11 Å². The van der Waals surface area contributed by atoms with Gasteiger partial charge in [-0.3, -0.25) is 0 Å². The third-order valence-electron chi connectivity index (χ3n) is 4.17. The van der Waals surface area contributed by atoms with E-state index in [-0.39, 0.29) is 4.88 Å². The van der Waals surface area contributed by atoms with Crippen molar-refractivity contribution in [1.82, 2.24) is 4.98 Å². The largest absolute Gasteiger partial charge is 0.477 e. The van der Waals surface area contributed by atoms with Crippen LogP contribution < -0.4 is 0 Å². The highest BCUT2D eigenvalue weighted by molar-refractivity contribution is 7.21. The van der Waals surface area contributed by atoms with E-state index in [1.807, 2.05) is 24.3 Å². The summed E-state index contributed by atoms with van der Waals surface area (Å²) in [6.07, 6.45) is -2.64. The molecule has 0 fully saturated rings. The molecule has 0 aliphatic carbocycles. The lowest BCUT2D eigenvalue weighted by atomic mass is 10.1. The van der Waals surface area contributed by atoms with Crippen molar-refractivity contribution < 1.29 is 23.1 Å². The summed E-state index contributed by atoms with van der Waals surface area (Å²) in [6.45, 7) is 0. The van der Waals surface area contributed by atoms with Crippen molar-refractivity contribution in [1.29, 1.82) is 0 Å². The standard InChI is InChI=1S/C20H12F3NO2S2/c21-20(22,23)13-5-1-3-11(7-13)8-14-9-12-4-2-6-15(17(12)27-14)18-24-10-16(28-18)19(25)26/h1-7,9-10H,8H2,(H,25,26). The smallest absolute Gasteiger partial charge is 0.416 e. The van der Waals surface area contributed by atoms with E-state index >= 15 is 0 Å². The van der Waals surface area contributed by atoms with E-state index in [1.54, 1.807) is 6.07 Å². The zero-order valence-electron chi connectivity index (χ0n) is 14.2. The number of benzene rings is 2. The fourth-order valence-electron chi connectivity index (χ4n) is 2.93. The molecule has 0 saturated carbocycles. The number of nitrogens with zero attached hydrogens (tertiary/aromatic N) is 1. The van der Waals surface area contributed by atoms with Gasteiger partial charge in [-0.1, -0.05) is 36.4 Å². The summed E-state index contributed by atoms with van der Waals surface area (Å²) in [4.78, 5) is 16.4. The molecule has 8 heteroatoms. The first-order valence-corrected chi connectivity index (χ1v) is 9.81. The highest BCUT2D eigenvalue weighted by atomic mass is 32.1. The van der Waals surface area contributed by atoms with Crippen LogP contribution in [0.4, 0.5) is 13.2 Å². The summed E-state index contributed by atoms with van der Waals surface area (Å²) in [7, 11) is 0. The van der Waals surface area contributed by atoms with Gasteiger partial charge in [0.1, 0.15) is 9.88 Å². The molecule has 0 amide bonds. The second-order valence-corrected chi connectivity index (χ2v) is 8.31. The second kappa shape index (κ2) is 7.03. The number of thiophene rings is 1. The normalized spacial score (nSPS) is 11.8. The Kier molecular flexibility index (Phi) is 4.68. The number of fused-ring (bicyclic) bond motifs is 1. The molecule has 0 unspecified atom stereocenters. The Bertz CT molecular complexity index is 1180. The second-order valence-electron chi connectivity index (χ2n) is 6.15. The molecule has 4 aromatic rings. The maximum atomic E-state index is 12.9. The monoisotopic (exact) mass is 419 g/mol. The minimum absolute atomic E-state index is 0.160. The zero-order chi connectivity index (χ0) is 19.9. The number of aromatic nitrogens is 1. The Morgan fingerprint density at radius 3 is 2.57 bits per heavy atom. The number of hydrogen-bond donors (Lipinski definition) is 1. The van der Waals surface area contributed by atoms with Crippen LogP contribution in [0.25, 0.3) is 20.7 Å². The van der Waals surface area contributed by atoms with Gasteiger partial charge in [0.15, 0.2) is 0 Å². The quantitative estimate of drug-likeness (QED) is 0.420. The van der Waals surface area contributed by atoms with Crippen molar-refractivity contribution in [3.8, 4) is 10.6 Å². The number of thiazole rings is 1. The summed E-state index contributed by atoms with van der Waals surface area (Å²) in [5.41, 5.74) is 0.761. The average Bonchev–Trinajstić information content (AvgIpc) is 3.27. The first-order valence-electron chi connectivity index (χ1n) is 8.18. The minimum Gasteiger partial charge on any atom is -0.477 e. The number of alkyl halides is 3. The maximum absolute atomic E-state index is 12.9. The lowest BCUT2D eigenvalue weighted by Crippen LogP contribution is -2.05. The Hall–Kier alpha value is -2.71. The number of rotatable bonds is 4. The van der Waals surface area contributed by atoms with Crippen molar-refractivity contribution in [2.24, 2.45) is 0 Å². The van der Waals surface area contributed by atoms with E-state index in [9.17, 15) is 18.0 Å². The van der Waals surface area contributed by atoms with Gasteiger partial charge in [0.2, 0.25) is 0 Å². The molecule has 0 radical (unpaired) electrons. The van der Waals surface area contributed by atoms with Crippen LogP contribution >= 0.6 is 22.7 Å². The zero-order valence-corrected chi connectivity index (χ0v) is 15.8. The van der Waals surface area contributed by atoms with Crippen molar-refractivity contribution in [2.45, 2.75) is 12.6 Å². The van der Waals surface area contributed by atoms with Crippen LogP contribution in [-0.4, -0.2) is 16.1 Å². The lowest BCUT2D eigenvalue weighted by Gasteiger charge is -2.08. The number of aromatic carboxylic acids is 1. The maximum Gasteiger partial charge on any atom is 0.416 e. The number of carboxylic acids is 1. The van der Waals surface area contributed by atoms with Gasteiger partial charge in [-0.2, -0.15) is 13.2 Å². The van der Waals surface area contributed by atoms with Gasteiger partial charge in [0.05, 0.1) is 11.8 Å². The van der Waals surface area contributed by atoms with Gasteiger partial charge in [-0.05, 0) is 23.1 Å². The van der Waals surface area contributed by atoms with Crippen LogP contribution in [-0.2, 0) is 12.6 Å². The molecule has 142 valence electrons. The number of hydrogen-bond acceptors (Lipinski definition) is 4. The molecule has 1 N–H and O–H groups in total.